The van der Waals surface area contributed by atoms with E-state index in [2.05, 4.69) is 4.72 Å². The van der Waals surface area contributed by atoms with Crippen molar-refractivity contribution in [1.82, 2.24) is 0 Å². The summed E-state index contributed by atoms with van der Waals surface area (Å²) in [7, 11) is -2.33. The summed E-state index contributed by atoms with van der Waals surface area (Å²) in [5.74, 6) is 1.44. The second kappa shape index (κ2) is 5.66. The number of methoxy groups -OCH3 is 1. The van der Waals surface area contributed by atoms with Crippen LogP contribution >= 0.6 is 0 Å². The van der Waals surface area contributed by atoms with Gasteiger partial charge in [0.05, 0.1) is 12.8 Å². The van der Waals surface area contributed by atoms with Crippen LogP contribution in [-0.2, 0) is 10.0 Å². The maximum atomic E-state index is 12.7. The van der Waals surface area contributed by atoms with Crippen molar-refractivity contribution >= 4 is 15.7 Å². The number of hydrogen-bond acceptors (Lipinski definition) is 5. The molecule has 2 aromatic carbocycles. The predicted molar refractivity (Wildman–Crippen MR) is 85.8 cm³/mol. The summed E-state index contributed by atoms with van der Waals surface area (Å²) in [6, 6.07) is 8.34. The number of sulfonamides is 1. The molecule has 0 spiro atoms. The Kier molecular flexibility index (Phi) is 3.81. The normalized spacial score (nSPS) is 13.0. The number of ether oxygens (including phenoxy) is 3. The summed E-state index contributed by atoms with van der Waals surface area (Å²) in [4.78, 5) is 0.107. The molecule has 2 aromatic rings. The van der Waals surface area contributed by atoms with Crippen molar-refractivity contribution in [2.45, 2.75) is 18.7 Å². The molecule has 3 rings (SSSR count). The molecule has 0 fully saturated rings. The van der Waals surface area contributed by atoms with E-state index in [4.69, 9.17) is 14.2 Å². The molecular formula is C16H17NO5S. The summed E-state index contributed by atoms with van der Waals surface area (Å²) < 4.78 is 43.7. The van der Waals surface area contributed by atoms with Gasteiger partial charge in [-0.25, -0.2) is 8.42 Å². The Morgan fingerprint density at radius 2 is 1.83 bits per heavy atom. The molecule has 0 radical (unpaired) electrons. The lowest BCUT2D eigenvalue weighted by atomic mass is 10.1. The van der Waals surface area contributed by atoms with E-state index in [0.717, 1.165) is 11.1 Å². The van der Waals surface area contributed by atoms with Gasteiger partial charge in [-0.2, -0.15) is 0 Å². The monoisotopic (exact) mass is 335 g/mol. The molecule has 0 aliphatic carbocycles. The van der Waals surface area contributed by atoms with Gasteiger partial charge in [0.1, 0.15) is 10.6 Å². The Morgan fingerprint density at radius 1 is 1.09 bits per heavy atom. The van der Waals surface area contributed by atoms with Gasteiger partial charge in [0, 0.05) is 6.07 Å². The first kappa shape index (κ1) is 15.5. The average Bonchev–Trinajstić information content (AvgIpc) is 2.93. The van der Waals surface area contributed by atoms with Crippen LogP contribution in [0.15, 0.2) is 35.2 Å². The molecule has 0 saturated carbocycles. The lowest BCUT2D eigenvalue weighted by Gasteiger charge is -2.14. The van der Waals surface area contributed by atoms with Crippen molar-refractivity contribution in [1.29, 1.82) is 0 Å². The Labute approximate surface area is 135 Å². The zero-order chi connectivity index (χ0) is 16.6. The largest absolute Gasteiger partial charge is 0.495 e. The van der Waals surface area contributed by atoms with E-state index in [0.29, 0.717) is 22.9 Å². The molecule has 0 atom stereocenters. The van der Waals surface area contributed by atoms with Crippen molar-refractivity contribution in [3.05, 3.63) is 41.5 Å². The third-order valence-corrected chi connectivity index (χ3v) is 4.89. The van der Waals surface area contributed by atoms with Crippen LogP contribution in [0.2, 0.25) is 0 Å². The third-order valence-electron chi connectivity index (χ3n) is 3.50. The third kappa shape index (κ3) is 2.92. The van der Waals surface area contributed by atoms with Gasteiger partial charge in [-0.05, 0) is 43.2 Å². The average molecular weight is 335 g/mol. The van der Waals surface area contributed by atoms with Crippen LogP contribution in [-0.4, -0.2) is 22.3 Å². The SMILES string of the molecule is COc1c(C)cc(C)cc1S(=O)(=O)Nc1ccc2c(c1)OCO2. The lowest BCUT2D eigenvalue weighted by Crippen LogP contribution is -2.15. The predicted octanol–water partition coefficient (Wildman–Crippen LogP) is 2.84. The smallest absolute Gasteiger partial charge is 0.265 e. The Balaban J connectivity index is 1.99. The number of rotatable bonds is 4. The number of hydrogen-bond donors (Lipinski definition) is 1. The summed E-state index contributed by atoms with van der Waals surface area (Å²) in [6.07, 6.45) is 0. The molecule has 1 aliphatic rings. The molecule has 0 bridgehead atoms. The van der Waals surface area contributed by atoms with Crippen molar-refractivity contribution in [3.8, 4) is 17.2 Å². The molecular weight excluding hydrogens is 318 g/mol. The van der Waals surface area contributed by atoms with E-state index in [1.807, 2.05) is 19.9 Å². The van der Waals surface area contributed by atoms with Crippen molar-refractivity contribution in [2.24, 2.45) is 0 Å². The van der Waals surface area contributed by atoms with E-state index < -0.39 is 10.0 Å². The number of benzene rings is 2. The lowest BCUT2D eigenvalue weighted by molar-refractivity contribution is 0.174. The molecule has 0 saturated heterocycles. The maximum Gasteiger partial charge on any atom is 0.265 e. The number of nitrogens with one attached hydrogen (secondary N) is 1. The van der Waals surface area contributed by atoms with Crippen molar-refractivity contribution in [3.63, 3.8) is 0 Å². The second-order valence-corrected chi connectivity index (χ2v) is 6.94. The van der Waals surface area contributed by atoms with E-state index in [1.165, 1.54) is 7.11 Å². The Bertz CT molecular complexity index is 861. The highest BCUT2D eigenvalue weighted by Gasteiger charge is 2.23. The van der Waals surface area contributed by atoms with Crippen LogP contribution in [0.3, 0.4) is 0 Å². The minimum atomic E-state index is -3.79. The second-order valence-electron chi connectivity index (χ2n) is 5.29. The summed E-state index contributed by atoms with van der Waals surface area (Å²) in [6.45, 7) is 3.79. The Hall–Kier alpha value is -2.41. The van der Waals surface area contributed by atoms with Crippen molar-refractivity contribution < 1.29 is 22.6 Å². The van der Waals surface area contributed by atoms with Crippen LogP contribution in [0.5, 0.6) is 17.2 Å². The van der Waals surface area contributed by atoms with E-state index >= 15 is 0 Å². The van der Waals surface area contributed by atoms with Gasteiger partial charge in [0.2, 0.25) is 6.79 Å². The fraction of sp³-hybridized carbons (Fsp3) is 0.250. The van der Waals surface area contributed by atoms with Gasteiger partial charge in [-0.15, -0.1) is 0 Å². The van der Waals surface area contributed by atoms with Crippen LogP contribution in [0.1, 0.15) is 11.1 Å². The number of fused-ring (bicyclic) bond motifs is 1. The van der Waals surface area contributed by atoms with Gasteiger partial charge in [0.25, 0.3) is 10.0 Å². The van der Waals surface area contributed by atoms with Crippen LogP contribution in [0, 0.1) is 13.8 Å². The Morgan fingerprint density at radius 3 is 2.57 bits per heavy atom. The van der Waals surface area contributed by atoms with Gasteiger partial charge in [0.15, 0.2) is 11.5 Å². The van der Waals surface area contributed by atoms with Crippen molar-refractivity contribution in [2.75, 3.05) is 18.6 Å². The van der Waals surface area contributed by atoms with Crippen LogP contribution < -0.4 is 18.9 Å². The quantitative estimate of drug-likeness (QED) is 0.930. The molecule has 0 amide bonds. The van der Waals surface area contributed by atoms with Gasteiger partial charge >= 0.3 is 0 Å². The first-order valence-corrected chi connectivity index (χ1v) is 8.47. The van der Waals surface area contributed by atoms with Gasteiger partial charge in [-0.1, -0.05) is 6.07 Å². The first-order valence-electron chi connectivity index (χ1n) is 6.98. The number of aryl methyl sites for hydroxylation is 2. The zero-order valence-electron chi connectivity index (χ0n) is 13.0. The molecule has 1 aliphatic heterocycles. The summed E-state index contributed by atoms with van der Waals surface area (Å²) in [5.41, 5.74) is 2.00. The van der Waals surface area contributed by atoms with Crippen LogP contribution in [0.25, 0.3) is 0 Å². The van der Waals surface area contributed by atoms with Crippen LogP contribution in [0.4, 0.5) is 5.69 Å². The van der Waals surface area contributed by atoms with Gasteiger partial charge in [-0.3, -0.25) is 4.72 Å². The molecule has 0 unspecified atom stereocenters. The van der Waals surface area contributed by atoms with E-state index in [-0.39, 0.29) is 11.7 Å². The molecule has 1 N–H and O–H groups in total. The standard InChI is InChI=1S/C16H17NO5S/c1-10-6-11(2)16(20-3)15(7-10)23(18,19)17-12-4-5-13-14(8-12)22-9-21-13/h4-8,17H,9H2,1-3H3. The molecule has 122 valence electrons. The highest BCUT2D eigenvalue weighted by Crippen LogP contribution is 2.36. The molecule has 6 nitrogen and oxygen atoms in total. The molecule has 0 aromatic heterocycles. The fourth-order valence-corrected chi connectivity index (χ4v) is 3.92. The first-order chi connectivity index (χ1) is 10.9. The molecule has 1 heterocycles. The van der Waals surface area contributed by atoms with E-state index in [9.17, 15) is 8.42 Å². The minimum absolute atomic E-state index is 0.107. The highest BCUT2D eigenvalue weighted by atomic mass is 32.2. The fourth-order valence-electron chi connectivity index (χ4n) is 2.55. The molecule has 7 heteroatoms. The minimum Gasteiger partial charge on any atom is -0.495 e. The number of anilines is 1. The summed E-state index contributed by atoms with van der Waals surface area (Å²) >= 11 is 0. The summed E-state index contributed by atoms with van der Waals surface area (Å²) in [5, 5.41) is 0. The maximum absolute atomic E-state index is 12.7. The van der Waals surface area contributed by atoms with E-state index in [1.54, 1.807) is 24.3 Å². The zero-order valence-corrected chi connectivity index (χ0v) is 13.9. The highest BCUT2D eigenvalue weighted by molar-refractivity contribution is 7.92. The van der Waals surface area contributed by atoms with Gasteiger partial charge < -0.3 is 14.2 Å². The molecule has 23 heavy (non-hydrogen) atoms. The topological polar surface area (TPSA) is 73.9 Å².